The average molecular weight is 322 g/mol. The summed E-state index contributed by atoms with van der Waals surface area (Å²) >= 11 is 8.95. The first-order chi connectivity index (χ1) is 8.19. The number of aromatic nitrogens is 1. The summed E-state index contributed by atoms with van der Waals surface area (Å²) in [6.07, 6.45) is 2.23. The number of nitrogens with zero attached hydrogens (tertiary/aromatic N) is 1. The van der Waals surface area contributed by atoms with Crippen molar-refractivity contribution in [1.29, 1.82) is 0 Å². The normalized spacial score (nSPS) is 12.2. The highest BCUT2D eigenvalue weighted by molar-refractivity contribution is 9.10. The van der Waals surface area contributed by atoms with Gasteiger partial charge in [0.1, 0.15) is 5.69 Å². The second-order valence-electron chi connectivity index (χ2n) is 3.44. The highest BCUT2D eigenvalue weighted by Gasteiger charge is 2.16. The predicted octanol–water partition coefficient (Wildman–Crippen LogP) is 2.22. The molecule has 0 saturated carbocycles. The second-order valence-corrected chi connectivity index (χ2v) is 4.67. The molecule has 0 saturated heterocycles. The fourth-order valence-corrected chi connectivity index (χ4v) is 2.04. The summed E-state index contributed by atoms with van der Waals surface area (Å²) in [4.78, 5) is 15.9. The van der Waals surface area contributed by atoms with Crippen LogP contribution in [0.15, 0.2) is 22.8 Å². The molecule has 17 heavy (non-hydrogen) atoms. The Kier molecular flexibility index (Phi) is 6.47. The van der Waals surface area contributed by atoms with Gasteiger partial charge in [0, 0.05) is 23.7 Å². The Morgan fingerprint density at radius 1 is 1.71 bits per heavy atom. The highest BCUT2D eigenvalue weighted by Crippen LogP contribution is 2.13. The van der Waals surface area contributed by atoms with Crippen LogP contribution in [0.1, 0.15) is 16.9 Å². The SMILES string of the molecule is COCC(CCCl)NC(=O)c1ncccc1Br. The van der Waals surface area contributed by atoms with Gasteiger partial charge >= 0.3 is 0 Å². The zero-order valence-corrected chi connectivity index (χ0v) is 11.8. The van der Waals surface area contributed by atoms with E-state index in [2.05, 4.69) is 26.2 Å². The number of alkyl halides is 1. The number of amides is 1. The highest BCUT2D eigenvalue weighted by atomic mass is 79.9. The van der Waals surface area contributed by atoms with Crippen LogP contribution in [0.2, 0.25) is 0 Å². The molecule has 94 valence electrons. The standard InChI is InChI=1S/C11H14BrClN2O2/c1-17-7-8(4-5-13)15-11(16)10-9(12)3-2-6-14-10/h2-3,6,8H,4-5,7H2,1H3,(H,15,16). The molecular formula is C11H14BrClN2O2. The van der Waals surface area contributed by atoms with Crippen molar-refractivity contribution in [1.82, 2.24) is 10.3 Å². The maximum atomic E-state index is 11.9. The molecule has 1 N–H and O–H groups in total. The molecule has 0 aromatic carbocycles. The Morgan fingerprint density at radius 3 is 3.06 bits per heavy atom. The second kappa shape index (κ2) is 7.63. The van der Waals surface area contributed by atoms with E-state index in [0.29, 0.717) is 29.1 Å². The van der Waals surface area contributed by atoms with Gasteiger partial charge in [0.05, 0.1) is 12.6 Å². The molecule has 0 spiro atoms. The summed E-state index contributed by atoms with van der Waals surface area (Å²) < 4.78 is 5.68. The molecule has 4 nitrogen and oxygen atoms in total. The summed E-state index contributed by atoms with van der Waals surface area (Å²) in [7, 11) is 1.59. The first-order valence-electron chi connectivity index (χ1n) is 5.15. The van der Waals surface area contributed by atoms with E-state index in [-0.39, 0.29) is 11.9 Å². The van der Waals surface area contributed by atoms with Crippen LogP contribution in [0.4, 0.5) is 0 Å². The molecule has 1 unspecified atom stereocenters. The van der Waals surface area contributed by atoms with Gasteiger partial charge in [-0.25, -0.2) is 4.98 Å². The fourth-order valence-electron chi connectivity index (χ4n) is 1.34. The third-order valence-corrected chi connectivity index (χ3v) is 2.99. The molecule has 1 amide bonds. The van der Waals surface area contributed by atoms with Gasteiger partial charge in [-0.05, 0) is 34.5 Å². The van der Waals surface area contributed by atoms with Gasteiger partial charge in [-0.15, -0.1) is 11.6 Å². The van der Waals surface area contributed by atoms with Gasteiger partial charge in [0.25, 0.3) is 5.91 Å². The van der Waals surface area contributed by atoms with E-state index < -0.39 is 0 Å². The van der Waals surface area contributed by atoms with Crippen LogP contribution in [-0.4, -0.2) is 36.5 Å². The lowest BCUT2D eigenvalue weighted by atomic mass is 10.2. The molecule has 1 heterocycles. The van der Waals surface area contributed by atoms with E-state index in [1.807, 2.05) is 0 Å². The van der Waals surface area contributed by atoms with E-state index >= 15 is 0 Å². The number of carbonyl (C=O) groups is 1. The van der Waals surface area contributed by atoms with Crippen molar-refractivity contribution in [3.63, 3.8) is 0 Å². The number of hydrogen-bond donors (Lipinski definition) is 1. The van der Waals surface area contributed by atoms with Crippen molar-refractivity contribution >= 4 is 33.4 Å². The molecule has 0 aliphatic carbocycles. The first-order valence-corrected chi connectivity index (χ1v) is 6.48. The number of nitrogens with one attached hydrogen (secondary N) is 1. The minimum absolute atomic E-state index is 0.0982. The van der Waals surface area contributed by atoms with Crippen molar-refractivity contribution in [2.24, 2.45) is 0 Å². The number of ether oxygens (including phenoxy) is 1. The number of pyridine rings is 1. The van der Waals surface area contributed by atoms with Crippen LogP contribution in [0.25, 0.3) is 0 Å². The molecule has 1 rings (SSSR count). The average Bonchev–Trinajstić information content (AvgIpc) is 2.30. The molecule has 6 heteroatoms. The summed E-state index contributed by atoms with van der Waals surface area (Å²) in [5.74, 6) is 0.238. The lowest BCUT2D eigenvalue weighted by Gasteiger charge is -2.16. The van der Waals surface area contributed by atoms with Gasteiger partial charge in [-0.1, -0.05) is 0 Å². The Balaban J connectivity index is 2.67. The van der Waals surface area contributed by atoms with E-state index in [1.165, 1.54) is 0 Å². The monoisotopic (exact) mass is 320 g/mol. The van der Waals surface area contributed by atoms with E-state index in [1.54, 1.807) is 25.4 Å². The molecular weight excluding hydrogens is 307 g/mol. The van der Waals surface area contributed by atoms with Crippen LogP contribution in [0, 0.1) is 0 Å². The Bertz CT molecular complexity index is 370. The topological polar surface area (TPSA) is 51.2 Å². The molecule has 1 atom stereocenters. The molecule has 1 aromatic heterocycles. The zero-order valence-electron chi connectivity index (χ0n) is 9.45. The quantitative estimate of drug-likeness (QED) is 0.817. The van der Waals surface area contributed by atoms with Gasteiger partial charge in [-0.2, -0.15) is 0 Å². The number of rotatable bonds is 6. The summed E-state index contributed by atoms with van der Waals surface area (Å²) in [6, 6.07) is 3.43. The van der Waals surface area contributed by atoms with Crippen LogP contribution in [0.5, 0.6) is 0 Å². The predicted molar refractivity (Wildman–Crippen MR) is 70.4 cm³/mol. The molecule has 0 aliphatic heterocycles. The number of halogens is 2. The van der Waals surface area contributed by atoms with Crippen molar-refractivity contribution in [3.05, 3.63) is 28.5 Å². The smallest absolute Gasteiger partial charge is 0.271 e. The van der Waals surface area contributed by atoms with Crippen molar-refractivity contribution in [3.8, 4) is 0 Å². The summed E-state index contributed by atoms with van der Waals surface area (Å²) in [6.45, 7) is 0.433. The summed E-state index contributed by atoms with van der Waals surface area (Å²) in [5, 5.41) is 2.84. The Hall–Kier alpha value is -0.650. The van der Waals surface area contributed by atoms with Crippen molar-refractivity contribution in [2.45, 2.75) is 12.5 Å². The molecule has 0 fully saturated rings. The number of methoxy groups -OCH3 is 1. The lowest BCUT2D eigenvalue weighted by molar-refractivity contribution is 0.0889. The number of hydrogen-bond acceptors (Lipinski definition) is 3. The van der Waals surface area contributed by atoms with Crippen molar-refractivity contribution in [2.75, 3.05) is 19.6 Å². The number of carbonyl (C=O) groups excluding carboxylic acids is 1. The fraction of sp³-hybridized carbons (Fsp3) is 0.455. The third-order valence-electron chi connectivity index (χ3n) is 2.13. The zero-order chi connectivity index (χ0) is 12.7. The Labute approximate surface area is 114 Å². The van der Waals surface area contributed by atoms with Crippen LogP contribution in [0.3, 0.4) is 0 Å². The van der Waals surface area contributed by atoms with Crippen LogP contribution < -0.4 is 5.32 Å². The maximum absolute atomic E-state index is 11.9. The van der Waals surface area contributed by atoms with Crippen LogP contribution >= 0.6 is 27.5 Å². The lowest BCUT2D eigenvalue weighted by Crippen LogP contribution is -2.38. The minimum atomic E-state index is -0.232. The molecule has 1 aromatic rings. The Morgan fingerprint density at radius 2 is 2.47 bits per heavy atom. The van der Waals surface area contributed by atoms with Crippen LogP contribution in [-0.2, 0) is 4.74 Å². The molecule has 0 radical (unpaired) electrons. The van der Waals surface area contributed by atoms with Gasteiger partial charge < -0.3 is 10.1 Å². The van der Waals surface area contributed by atoms with E-state index in [4.69, 9.17) is 16.3 Å². The van der Waals surface area contributed by atoms with Gasteiger partial charge in [-0.3, -0.25) is 4.79 Å². The molecule has 0 aliphatic rings. The van der Waals surface area contributed by atoms with Crippen molar-refractivity contribution < 1.29 is 9.53 Å². The largest absolute Gasteiger partial charge is 0.383 e. The van der Waals surface area contributed by atoms with Gasteiger partial charge in [0.2, 0.25) is 0 Å². The van der Waals surface area contributed by atoms with Gasteiger partial charge in [0.15, 0.2) is 0 Å². The van der Waals surface area contributed by atoms with E-state index in [9.17, 15) is 4.79 Å². The third kappa shape index (κ3) is 4.61. The maximum Gasteiger partial charge on any atom is 0.271 e. The molecule has 0 bridgehead atoms. The summed E-state index contributed by atoms with van der Waals surface area (Å²) in [5.41, 5.74) is 0.364. The first kappa shape index (κ1) is 14.4. The minimum Gasteiger partial charge on any atom is -0.383 e. The van der Waals surface area contributed by atoms with E-state index in [0.717, 1.165) is 0 Å².